The highest BCUT2D eigenvalue weighted by Gasteiger charge is 2.72. The zero-order valence-corrected chi connectivity index (χ0v) is 27.7. The van der Waals surface area contributed by atoms with E-state index in [9.17, 15) is 19.8 Å². The lowest BCUT2D eigenvalue weighted by Crippen LogP contribution is -2.67. The maximum Gasteiger partial charge on any atom is 0.326 e. The Labute approximate surface area is 250 Å². The number of aliphatic hydroxyl groups is 1. The predicted octanol–water partition coefficient (Wildman–Crippen LogP) is 7.70. The van der Waals surface area contributed by atoms with Crippen molar-refractivity contribution in [3.05, 3.63) is 0 Å². The first-order valence-corrected chi connectivity index (χ1v) is 17.2. The number of hydrogen-bond donors (Lipinski definition) is 3. The quantitative estimate of drug-likeness (QED) is 0.305. The number of carboxylic acids is 1. The number of rotatable bonds is 6. The Kier molecular flexibility index (Phi) is 7.82. The summed E-state index contributed by atoms with van der Waals surface area (Å²) >= 11 is 0. The molecule has 5 nitrogen and oxygen atoms in total. The van der Waals surface area contributed by atoms with Gasteiger partial charge in [-0.2, -0.15) is 0 Å². The number of nitrogens with one attached hydrogen (secondary N) is 1. The number of hydrogen-bond acceptors (Lipinski definition) is 3. The maximum atomic E-state index is 14.4. The van der Waals surface area contributed by atoms with E-state index in [2.05, 4.69) is 53.8 Å². The van der Waals surface area contributed by atoms with Crippen molar-refractivity contribution in [2.45, 2.75) is 145 Å². The van der Waals surface area contributed by atoms with Gasteiger partial charge in [-0.25, -0.2) is 4.79 Å². The summed E-state index contributed by atoms with van der Waals surface area (Å²) in [5.41, 5.74) is 0.143. The summed E-state index contributed by atoms with van der Waals surface area (Å²) in [4.78, 5) is 26.5. The highest BCUT2D eigenvalue weighted by Crippen LogP contribution is 2.77. The Balaban J connectivity index is 1.50. The molecule has 5 saturated carbocycles. The number of aliphatic carboxylic acids is 1. The molecule has 5 aliphatic carbocycles. The summed E-state index contributed by atoms with van der Waals surface area (Å²) in [5, 5.41) is 24.1. The minimum atomic E-state index is -0.905. The third-order valence-electron chi connectivity index (χ3n) is 15.1. The smallest absolute Gasteiger partial charge is 0.326 e. The minimum Gasteiger partial charge on any atom is -0.480 e. The van der Waals surface area contributed by atoms with E-state index in [1.807, 2.05) is 13.8 Å². The van der Waals surface area contributed by atoms with Crippen LogP contribution < -0.4 is 5.32 Å². The van der Waals surface area contributed by atoms with Gasteiger partial charge in [0.05, 0.1) is 11.5 Å². The van der Waals surface area contributed by atoms with Gasteiger partial charge in [-0.15, -0.1) is 0 Å². The van der Waals surface area contributed by atoms with Crippen molar-refractivity contribution >= 4 is 11.9 Å². The van der Waals surface area contributed by atoms with Gasteiger partial charge in [0.15, 0.2) is 0 Å². The van der Waals surface area contributed by atoms with E-state index in [-0.39, 0.29) is 39.6 Å². The number of aliphatic hydroxyl groups excluding tert-OH is 1. The monoisotopic (exact) mass is 571 g/mol. The normalized spacial score (nSPS) is 47.6. The molecule has 5 heteroatoms. The number of amides is 1. The van der Waals surface area contributed by atoms with Crippen molar-refractivity contribution < 1.29 is 19.8 Å². The van der Waals surface area contributed by atoms with Crippen LogP contribution in [0.25, 0.3) is 0 Å². The van der Waals surface area contributed by atoms with Gasteiger partial charge in [-0.1, -0.05) is 62.3 Å². The van der Waals surface area contributed by atoms with Crippen LogP contribution in [0.3, 0.4) is 0 Å². The van der Waals surface area contributed by atoms with Crippen LogP contribution >= 0.6 is 0 Å². The summed E-state index contributed by atoms with van der Waals surface area (Å²) in [6.07, 6.45) is 11.0. The van der Waals surface area contributed by atoms with Gasteiger partial charge in [0.2, 0.25) is 5.91 Å². The number of carbonyl (C=O) groups excluding carboxylic acids is 1. The molecule has 0 bridgehead atoms. The Morgan fingerprint density at radius 2 is 1.49 bits per heavy atom. The van der Waals surface area contributed by atoms with Crippen molar-refractivity contribution in [2.24, 2.45) is 68.5 Å². The molecule has 5 aliphatic rings. The fourth-order valence-electron chi connectivity index (χ4n) is 12.8. The van der Waals surface area contributed by atoms with Crippen molar-refractivity contribution in [1.82, 2.24) is 5.32 Å². The lowest BCUT2D eigenvalue weighted by molar-refractivity contribution is -0.248. The Morgan fingerprint density at radius 3 is 2.10 bits per heavy atom. The van der Waals surface area contributed by atoms with Gasteiger partial charge in [0.1, 0.15) is 6.04 Å². The molecule has 0 aromatic rings. The third-order valence-corrected chi connectivity index (χ3v) is 15.1. The average molecular weight is 572 g/mol. The van der Waals surface area contributed by atoms with Crippen molar-refractivity contribution in [1.29, 1.82) is 0 Å². The second-order valence-corrected chi connectivity index (χ2v) is 17.7. The van der Waals surface area contributed by atoms with Gasteiger partial charge in [0, 0.05) is 0 Å². The SMILES string of the molecule is CC(C)C[C@H](NC(=O)[C@]12CC[C@@H](C(C)C)C1C1CCC3[C@@]4(C)CC[C@@H](O)C(C)(C)C4CC[C@@]3(C)[C@]1(C)CC2)C(=O)O. The highest BCUT2D eigenvalue weighted by molar-refractivity contribution is 5.88. The van der Waals surface area contributed by atoms with Gasteiger partial charge in [-0.05, 0) is 134 Å². The highest BCUT2D eigenvalue weighted by atomic mass is 16.4. The second kappa shape index (κ2) is 10.2. The Morgan fingerprint density at radius 1 is 0.805 bits per heavy atom. The zero-order chi connectivity index (χ0) is 30.3. The van der Waals surface area contributed by atoms with Crippen molar-refractivity contribution in [3.8, 4) is 0 Å². The fraction of sp³-hybridized carbons (Fsp3) is 0.944. The molecule has 0 radical (unpaired) electrons. The molecule has 234 valence electrons. The number of carbonyl (C=O) groups is 2. The van der Waals surface area contributed by atoms with Crippen LogP contribution in [0.5, 0.6) is 0 Å². The Hall–Kier alpha value is -1.10. The summed E-state index contributed by atoms with van der Waals surface area (Å²) in [7, 11) is 0. The minimum absolute atomic E-state index is 0.0340. The van der Waals surface area contributed by atoms with E-state index >= 15 is 0 Å². The van der Waals surface area contributed by atoms with Gasteiger partial charge in [-0.3, -0.25) is 4.79 Å². The molecule has 11 atom stereocenters. The lowest BCUT2D eigenvalue weighted by Gasteiger charge is -2.73. The predicted molar refractivity (Wildman–Crippen MR) is 164 cm³/mol. The second-order valence-electron chi connectivity index (χ2n) is 17.7. The van der Waals surface area contributed by atoms with E-state index in [1.54, 1.807) is 0 Å². The van der Waals surface area contributed by atoms with Crippen LogP contribution in [0, 0.1) is 68.5 Å². The van der Waals surface area contributed by atoms with Crippen molar-refractivity contribution in [2.75, 3.05) is 0 Å². The molecule has 1 amide bonds. The topological polar surface area (TPSA) is 86.6 Å². The zero-order valence-electron chi connectivity index (χ0n) is 27.7. The summed E-state index contributed by atoms with van der Waals surface area (Å²) < 4.78 is 0. The van der Waals surface area contributed by atoms with E-state index < -0.39 is 17.4 Å². The van der Waals surface area contributed by atoms with Crippen LogP contribution in [0.1, 0.15) is 133 Å². The van der Waals surface area contributed by atoms with Crippen LogP contribution in [-0.2, 0) is 9.59 Å². The van der Waals surface area contributed by atoms with Gasteiger partial charge < -0.3 is 15.5 Å². The summed E-state index contributed by atoms with van der Waals surface area (Å²) in [6, 6.07) is -0.808. The first kappa shape index (κ1) is 31.3. The molecule has 0 aromatic heterocycles. The molecule has 4 unspecified atom stereocenters. The van der Waals surface area contributed by atoms with Gasteiger partial charge in [0.25, 0.3) is 0 Å². The molecular formula is C36H61NO4. The first-order chi connectivity index (χ1) is 19.0. The van der Waals surface area contributed by atoms with Crippen LogP contribution in [0.4, 0.5) is 0 Å². The first-order valence-electron chi connectivity index (χ1n) is 17.2. The van der Waals surface area contributed by atoms with Crippen LogP contribution in [-0.4, -0.2) is 34.2 Å². The largest absolute Gasteiger partial charge is 0.480 e. The number of carboxylic acid groups (broad SMARTS) is 1. The van der Waals surface area contributed by atoms with Gasteiger partial charge >= 0.3 is 5.97 Å². The molecule has 5 fully saturated rings. The van der Waals surface area contributed by atoms with E-state index in [4.69, 9.17) is 0 Å². The molecule has 41 heavy (non-hydrogen) atoms. The molecule has 0 aromatic carbocycles. The van der Waals surface area contributed by atoms with Crippen LogP contribution in [0.2, 0.25) is 0 Å². The molecular weight excluding hydrogens is 510 g/mol. The molecule has 5 rings (SSSR count). The summed E-state index contributed by atoms with van der Waals surface area (Å²) in [5.74, 6) is 2.38. The van der Waals surface area contributed by atoms with E-state index in [0.717, 1.165) is 38.5 Å². The Bertz CT molecular complexity index is 1040. The molecule has 0 saturated heterocycles. The summed E-state index contributed by atoms with van der Waals surface area (Å²) in [6.45, 7) is 21.2. The van der Waals surface area contributed by atoms with Crippen molar-refractivity contribution in [3.63, 3.8) is 0 Å². The third kappa shape index (κ3) is 4.39. The van der Waals surface area contributed by atoms with E-state index in [1.165, 1.54) is 25.7 Å². The van der Waals surface area contributed by atoms with E-state index in [0.29, 0.717) is 41.9 Å². The number of fused-ring (bicyclic) bond motifs is 7. The fourth-order valence-corrected chi connectivity index (χ4v) is 12.8. The standard InChI is InChI=1S/C36H61NO4/c1-21(2)20-25(30(39)40)37-31(41)36-17-12-23(22(3)4)29(36)24-10-11-27-33(7)15-14-28(38)32(5,6)26(33)13-16-35(27,9)34(24,8)18-19-36/h21-29,38H,10-20H2,1-9H3,(H,37,41)(H,39,40)/t23-,24?,25-,26?,27?,28+,29?,33-,34+,35+,36-/m0/s1. The maximum absolute atomic E-state index is 14.4. The molecule has 0 heterocycles. The molecule has 3 N–H and O–H groups in total. The van der Waals surface area contributed by atoms with Crippen LogP contribution in [0.15, 0.2) is 0 Å². The molecule has 0 aliphatic heterocycles. The average Bonchev–Trinajstić information content (AvgIpc) is 3.27. The molecule has 0 spiro atoms. The lowest BCUT2D eigenvalue weighted by atomic mass is 9.32.